The molecule has 3 rings (SSSR count). The summed E-state index contributed by atoms with van der Waals surface area (Å²) >= 11 is 0. The predicted molar refractivity (Wildman–Crippen MR) is 81.2 cm³/mol. The summed E-state index contributed by atoms with van der Waals surface area (Å²) < 4.78 is 12.8. The molecule has 23 heavy (non-hydrogen) atoms. The van der Waals surface area contributed by atoms with Crippen LogP contribution in [0.5, 0.6) is 6.01 Å². The second kappa shape index (κ2) is 5.63. The van der Waals surface area contributed by atoms with E-state index in [9.17, 15) is 14.7 Å². The number of aliphatic hydroxyl groups excluding tert-OH is 1. The summed E-state index contributed by atoms with van der Waals surface area (Å²) in [6.07, 6.45) is 2.83. The summed E-state index contributed by atoms with van der Waals surface area (Å²) in [7, 11) is 0. The van der Waals surface area contributed by atoms with Crippen molar-refractivity contribution in [2.75, 3.05) is 13.2 Å². The first-order chi connectivity index (χ1) is 10.9. The molecule has 7 heteroatoms. The zero-order valence-electron chi connectivity index (χ0n) is 13.6. The number of aryl methyl sites for hydroxylation is 1. The van der Waals surface area contributed by atoms with Crippen molar-refractivity contribution >= 4 is 5.97 Å². The standard InChI is InChI=1S/C16H22N2O5/c1-4-22-15-17-14(21)9(2)7-18(15)12-5-13(23-10(3)20)16(8-19)6-11(12)16/h7,11-13,19H,4-6,8H2,1-3H3/t11-,12+,13?,16+/m1/s1. The summed E-state index contributed by atoms with van der Waals surface area (Å²) in [5, 5.41) is 9.79. The Morgan fingerprint density at radius 3 is 2.91 bits per heavy atom. The molecule has 2 saturated carbocycles. The van der Waals surface area contributed by atoms with Gasteiger partial charge in [-0.1, -0.05) is 0 Å². The van der Waals surface area contributed by atoms with Crippen LogP contribution in [0.2, 0.25) is 0 Å². The SMILES string of the molecule is CCOc1nc(=O)c(C)cn1[C@H]1CC(OC(C)=O)[C@]2(CO)C[C@H]12. The molecule has 2 aliphatic carbocycles. The van der Waals surface area contributed by atoms with Crippen molar-refractivity contribution in [1.29, 1.82) is 0 Å². The summed E-state index contributed by atoms with van der Waals surface area (Å²) in [5.41, 5.74) is -0.125. The van der Waals surface area contributed by atoms with Gasteiger partial charge in [-0.05, 0) is 26.2 Å². The van der Waals surface area contributed by atoms with Crippen molar-refractivity contribution in [2.45, 2.75) is 45.8 Å². The molecule has 1 aromatic rings. The van der Waals surface area contributed by atoms with Gasteiger partial charge < -0.3 is 14.6 Å². The maximum atomic E-state index is 11.8. The number of nitrogens with zero attached hydrogens (tertiary/aromatic N) is 2. The van der Waals surface area contributed by atoms with Crippen molar-refractivity contribution in [3.8, 4) is 6.01 Å². The molecule has 126 valence electrons. The fourth-order valence-electron chi connectivity index (χ4n) is 3.84. The maximum Gasteiger partial charge on any atom is 0.302 e. The highest BCUT2D eigenvalue weighted by molar-refractivity contribution is 5.66. The number of hydrogen-bond acceptors (Lipinski definition) is 6. The van der Waals surface area contributed by atoms with Crippen LogP contribution in [0.1, 0.15) is 38.3 Å². The highest BCUT2D eigenvalue weighted by atomic mass is 16.5. The van der Waals surface area contributed by atoms with Gasteiger partial charge >= 0.3 is 5.97 Å². The van der Waals surface area contributed by atoms with Crippen molar-refractivity contribution < 1.29 is 19.4 Å². The molecule has 7 nitrogen and oxygen atoms in total. The number of esters is 1. The summed E-state index contributed by atoms with van der Waals surface area (Å²) in [6, 6.07) is 0.287. The van der Waals surface area contributed by atoms with Gasteiger partial charge in [-0.2, -0.15) is 4.98 Å². The van der Waals surface area contributed by atoms with Gasteiger partial charge in [-0.25, -0.2) is 0 Å². The second-order valence-electron chi connectivity index (χ2n) is 6.45. The van der Waals surface area contributed by atoms with E-state index in [0.717, 1.165) is 6.42 Å². The Bertz CT molecular complexity index is 686. The lowest BCUT2D eigenvalue weighted by atomic mass is 10.0. The minimum atomic E-state index is -0.364. The van der Waals surface area contributed by atoms with Crippen LogP contribution in [0.3, 0.4) is 0 Å². The number of aromatic nitrogens is 2. The molecule has 0 saturated heterocycles. The minimum Gasteiger partial charge on any atom is -0.465 e. The first kappa shape index (κ1) is 16.0. The van der Waals surface area contributed by atoms with Crippen molar-refractivity contribution in [3.05, 3.63) is 22.1 Å². The van der Waals surface area contributed by atoms with Crippen LogP contribution in [0.25, 0.3) is 0 Å². The van der Waals surface area contributed by atoms with Gasteiger partial charge in [-0.15, -0.1) is 0 Å². The zero-order chi connectivity index (χ0) is 16.8. The van der Waals surface area contributed by atoms with Crippen molar-refractivity contribution in [2.24, 2.45) is 11.3 Å². The zero-order valence-corrected chi connectivity index (χ0v) is 13.6. The number of aliphatic hydroxyl groups is 1. The van der Waals surface area contributed by atoms with Gasteiger partial charge in [0.15, 0.2) is 0 Å². The molecular formula is C16H22N2O5. The second-order valence-corrected chi connectivity index (χ2v) is 6.45. The Kier molecular flexibility index (Phi) is 3.91. The molecule has 0 aromatic carbocycles. The number of fused-ring (bicyclic) bond motifs is 1. The maximum absolute atomic E-state index is 11.8. The van der Waals surface area contributed by atoms with Crippen LogP contribution >= 0.6 is 0 Å². The summed E-state index contributed by atoms with van der Waals surface area (Å²) in [6.45, 7) is 5.33. The third-order valence-electron chi connectivity index (χ3n) is 5.06. The molecule has 0 radical (unpaired) electrons. The Labute approximate surface area is 134 Å². The minimum absolute atomic E-state index is 0.000139. The number of rotatable bonds is 5. The van der Waals surface area contributed by atoms with E-state index >= 15 is 0 Å². The Balaban J connectivity index is 1.96. The lowest BCUT2D eigenvalue weighted by Gasteiger charge is -2.23. The lowest BCUT2D eigenvalue weighted by Crippen LogP contribution is -2.28. The quantitative estimate of drug-likeness (QED) is 0.807. The van der Waals surface area contributed by atoms with E-state index in [1.807, 2.05) is 11.5 Å². The molecule has 0 spiro atoms. The molecule has 1 aromatic heterocycles. The van der Waals surface area contributed by atoms with E-state index in [2.05, 4.69) is 4.98 Å². The van der Waals surface area contributed by atoms with E-state index < -0.39 is 0 Å². The molecule has 0 aliphatic heterocycles. The molecule has 2 aliphatic rings. The molecule has 0 bridgehead atoms. The average Bonchev–Trinajstić information content (AvgIpc) is 3.16. The van der Waals surface area contributed by atoms with Crippen molar-refractivity contribution in [3.63, 3.8) is 0 Å². The third-order valence-corrected chi connectivity index (χ3v) is 5.06. The van der Waals surface area contributed by atoms with Gasteiger partial charge in [-0.3, -0.25) is 14.2 Å². The topological polar surface area (TPSA) is 90.6 Å². The van der Waals surface area contributed by atoms with Gasteiger partial charge in [0, 0.05) is 36.6 Å². The van der Waals surface area contributed by atoms with Gasteiger partial charge in [0.05, 0.1) is 13.2 Å². The highest BCUT2D eigenvalue weighted by Gasteiger charge is 2.69. The number of carbonyl (C=O) groups excluding carboxylic acids is 1. The lowest BCUT2D eigenvalue weighted by molar-refractivity contribution is -0.150. The van der Waals surface area contributed by atoms with Crippen LogP contribution in [0.4, 0.5) is 0 Å². The highest BCUT2D eigenvalue weighted by Crippen LogP contribution is 2.68. The molecule has 1 unspecified atom stereocenters. The molecular weight excluding hydrogens is 300 g/mol. The van der Waals surface area contributed by atoms with E-state index in [1.54, 1.807) is 13.1 Å². The van der Waals surface area contributed by atoms with E-state index in [-0.39, 0.29) is 47.6 Å². The molecule has 2 fully saturated rings. The first-order valence-corrected chi connectivity index (χ1v) is 7.93. The van der Waals surface area contributed by atoms with Crippen LogP contribution in [0.15, 0.2) is 11.0 Å². The Morgan fingerprint density at radius 1 is 1.57 bits per heavy atom. The van der Waals surface area contributed by atoms with Gasteiger partial charge in [0.25, 0.3) is 11.6 Å². The largest absolute Gasteiger partial charge is 0.465 e. The van der Waals surface area contributed by atoms with Crippen LogP contribution < -0.4 is 10.3 Å². The molecule has 1 heterocycles. The fourth-order valence-corrected chi connectivity index (χ4v) is 3.84. The molecule has 1 N–H and O–H groups in total. The number of hydrogen-bond donors (Lipinski definition) is 1. The number of ether oxygens (including phenoxy) is 2. The monoisotopic (exact) mass is 322 g/mol. The average molecular weight is 322 g/mol. The molecule has 0 amide bonds. The normalized spacial score (nSPS) is 31.6. The third kappa shape index (κ3) is 2.52. The Morgan fingerprint density at radius 2 is 2.30 bits per heavy atom. The Hall–Kier alpha value is -1.89. The molecule has 4 atom stereocenters. The number of carbonyl (C=O) groups is 1. The van der Waals surface area contributed by atoms with Gasteiger partial charge in [0.2, 0.25) is 0 Å². The van der Waals surface area contributed by atoms with Gasteiger partial charge in [0.1, 0.15) is 6.10 Å². The van der Waals surface area contributed by atoms with E-state index in [0.29, 0.717) is 18.6 Å². The van der Waals surface area contributed by atoms with Crippen LogP contribution in [-0.4, -0.2) is 39.9 Å². The van der Waals surface area contributed by atoms with Crippen molar-refractivity contribution in [1.82, 2.24) is 9.55 Å². The summed E-state index contributed by atoms with van der Waals surface area (Å²) in [5.74, 6) is -0.145. The summed E-state index contributed by atoms with van der Waals surface area (Å²) in [4.78, 5) is 27.1. The van der Waals surface area contributed by atoms with Crippen LogP contribution in [0, 0.1) is 18.3 Å². The van der Waals surface area contributed by atoms with E-state index in [1.165, 1.54) is 6.92 Å². The smallest absolute Gasteiger partial charge is 0.302 e. The predicted octanol–water partition coefficient (Wildman–Crippen LogP) is 0.826. The van der Waals surface area contributed by atoms with E-state index in [4.69, 9.17) is 9.47 Å². The first-order valence-electron chi connectivity index (χ1n) is 7.93. The van der Waals surface area contributed by atoms with Crippen LogP contribution in [-0.2, 0) is 9.53 Å². The fraction of sp³-hybridized carbons (Fsp3) is 0.688.